The van der Waals surface area contributed by atoms with Gasteiger partial charge in [0.2, 0.25) is 6.23 Å². The van der Waals surface area contributed by atoms with Crippen molar-refractivity contribution >= 4 is 29.2 Å². The Bertz CT molecular complexity index is 849. The molecule has 0 aliphatic carbocycles. The third kappa shape index (κ3) is 3.09. The van der Waals surface area contributed by atoms with Crippen molar-refractivity contribution in [1.29, 1.82) is 0 Å². The maximum absolute atomic E-state index is 12.7. The van der Waals surface area contributed by atoms with E-state index in [1.54, 1.807) is 48.5 Å². The molecule has 0 saturated heterocycles. The number of Topliss-reactive ketones (excluding diaryl/α,β-unsaturated/α-hetero) is 1. The highest BCUT2D eigenvalue weighted by Crippen LogP contribution is 2.35. The predicted molar refractivity (Wildman–Crippen MR) is 89.6 cm³/mol. The van der Waals surface area contributed by atoms with Crippen molar-refractivity contribution in [2.45, 2.75) is 12.6 Å². The van der Waals surface area contributed by atoms with Crippen LogP contribution in [0.3, 0.4) is 0 Å². The number of ether oxygens (including phenoxy) is 1. The molecule has 1 unspecified atom stereocenters. The van der Waals surface area contributed by atoms with Gasteiger partial charge in [-0.15, -0.1) is 0 Å². The number of ketones is 1. The van der Waals surface area contributed by atoms with Crippen LogP contribution in [-0.4, -0.2) is 36.2 Å². The standard InChI is InChI=1S/C18H16N2O5/c1-25-17(23)16(22)19-18(24)20-13-8-4-2-6-11(13)10-15(21)12-7-3-5-9-14(12)20/h2-9,16,22H,10H2,1H3,(H,19,24). The largest absolute Gasteiger partial charge is 0.466 e. The lowest BCUT2D eigenvalue weighted by atomic mass is 10.0. The molecule has 7 nitrogen and oxygen atoms in total. The fraction of sp³-hybridized carbons (Fsp3) is 0.167. The third-order valence-corrected chi connectivity index (χ3v) is 3.92. The molecule has 3 rings (SSSR count). The van der Waals surface area contributed by atoms with Crippen molar-refractivity contribution in [3.8, 4) is 0 Å². The molecule has 2 amide bonds. The number of hydrogen-bond acceptors (Lipinski definition) is 5. The molecule has 1 aliphatic rings. The van der Waals surface area contributed by atoms with E-state index < -0.39 is 18.2 Å². The first-order valence-corrected chi connectivity index (χ1v) is 7.59. The molecule has 0 spiro atoms. The summed E-state index contributed by atoms with van der Waals surface area (Å²) >= 11 is 0. The molecule has 0 aromatic heterocycles. The van der Waals surface area contributed by atoms with Gasteiger partial charge in [0.15, 0.2) is 5.78 Å². The number of rotatable bonds is 2. The average molecular weight is 340 g/mol. The van der Waals surface area contributed by atoms with Gasteiger partial charge in [-0.1, -0.05) is 30.3 Å². The highest BCUT2D eigenvalue weighted by atomic mass is 16.5. The van der Waals surface area contributed by atoms with Gasteiger partial charge < -0.3 is 15.2 Å². The number of amides is 2. The first-order chi connectivity index (χ1) is 12.0. The van der Waals surface area contributed by atoms with E-state index in [0.717, 1.165) is 7.11 Å². The van der Waals surface area contributed by atoms with E-state index in [2.05, 4.69) is 10.1 Å². The Hall–Kier alpha value is -3.19. The Morgan fingerprint density at radius 2 is 1.76 bits per heavy atom. The number of nitrogens with zero attached hydrogens (tertiary/aromatic N) is 1. The zero-order valence-corrected chi connectivity index (χ0v) is 13.4. The van der Waals surface area contributed by atoms with Crippen molar-refractivity contribution < 1.29 is 24.2 Å². The Morgan fingerprint density at radius 3 is 2.48 bits per heavy atom. The molecule has 1 heterocycles. The highest BCUT2D eigenvalue weighted by Gasteiger charge is 2.31. The van der Waals surface area contributed by atoms with E-state index >= 15 is 0 Å². The number of benzene rings is 2. The smallest absolute Gasteiger partial charge is 0.356 e. The van der Waals surface area contributed by atoms with Gasteiger partial charge in [0.05, 0.1) is 18.5 Å². The van der Waals surface area contributed by atoms with E-state index in [-0.39, 0.29) is 12.2 Å². The average Bonchev–Trinajstić information content (AvgIpc) is 2.75. The first-order valence-electron chi connectivity index (χ1n) is 7.59. The molecule has 2 aromatic rings. The number of aliphatic hydroxyl groups excluding tert-OH is 1. The number of methoxy groups -OCH3 is 1. The van der Waals surface area contributed by atoms with Crippen molar-refractivity contribution in [3.63, 3.8) is 0 Å². The number of hydrogen-bond donors (Lipinski definition) is 2. The summed E-state index contributed by atoms with van der Waals surface area (Å²) in [5.41, 5.74) is 1.95. The highest BCUT2D eigenvalue weighted by molar-refractivity contribution is 6.12. The number of fused-ring (bicyclic) bond motifs is 2. The summed E-state index contributed by atoms with van der Waals surface area (Å²) in [5.74, 6) is -1.10. The molecule has 1 atom stereocenters. The molecular weight excluding hydrogens is 324 g/mol. The minimum Gasteiger partial charge on any atom is -0.466 e. The number of para-hydroxylation sites is 2. The van der Waals surface area contributed by atoms with Crippen LogP contribution in [0.1, 0.15) is 15.9 Å². The molecule has 128 valence electrons. The van der Waals surface area contributed by atoms with Crippen molar-refractivity contribution in [2.75, 3.05) is 12.0 Å². The molecule has 2 aromatic carbocycles. The van der Waals surface area contributed by atoms with Crippen molar-refractivity contribution in [2.24, 2.45) is 0 Å². The Morgan fingerprint density at radius 1 is 1.12 bits per heavy atom. The van der Waals surface area contributed by atoms with Crippen LogP contribution in [0, 0.1) is 0 Å². The number of carbonyl (C=O) groups is 3. The Balaban J connectivity index is 2.08. The number of anilines is 2. The van der Waals surface area contributed by atoms with E-state index in [0.29, 0.717) is 22.5 Å². The van der Waals surface area contributed by atoms with Gasteiger partial charge in [-0.05, 0) is 23.8 Å². The molecule has 25 heavy (non-hydrogen) atoms. The van der Waals surface area contributed by atoms with Crippen molar-refractivity contribution in [1.82, 2.24) is 5.32 Å². The zero-order chi connectivity index (χ0) is 18.0. The van der Waals surface area contributed by atoms with Crippen LogP contribution in [0.2, 0.25) is 0 Å². The predicted octanol–water partition coefficient (Wildman–Crippen LogP) is 1.76. The van der Waals surface area contributed by atoms with Crippen LogP contribution in [-0.2, 0) is 16.0 Å². The zero-order valence-electron chi connectivity index (χ0n) is 13.4. The van der Waals surface area contributed by atoms with E-state index in [9.17, 15) is 19.5 Å². The van der Waals surface area contributed by atoms with Gasteiger partial charge in [-0.2, -0.15) is 0 Å². The van der Waals surface area contributed by atoms with Gasteiger partial charge in [0.25, 0.3) is 0 Å². The molecule has 7 heteroatoms. The lowest BCUT2D eigenvalue weighted by Gasteiger charge is -2.25. The number of aliphatic hydroxyl groups is 1. The summed E-state index contributed by atoms with van der Waals surface area (Å²) < 4.78 is 4.40. The maximum Gasteiger partial charge on any atom is 0.356 e. The van der Waals surface area contributed by atoms with Crippen LogP contribution in [0.5, 0.6) is 0 Å². The molecule has 1 aliphatic heterocycles. The minimum absolute atomic E-state index is 0.119. The molecule has 0 radical (unpaired) electrons. The lowest BCUT2D eigenvalue weighted by Crippen LogP contribution is -2.47. The van der Waals surface area contributed by atoms with Crippen LogP contribution < -0.4 is 10.2 Å². The monoisotopic (exact) mass is 340 g/mol. The van der Waals surface area contributed by atoms with Gasteiger partial charge in [-0.25, -0.2) is 9.59 Å². The lowest BCUT2D eigenvalue weighted by molar-refractivity contribution is -0.151. The molecule has 0 saturated carbocycles. The number of nitrogens with one attached hydrogen (secondary N) is 1. The van der Waals surface area contributed by atoms with Crippen LogP contribution in [0.25, 0.3) is 0 Å². The Kier molecular flexibility index (Phi) is 4.49. The van der Waals surface area contributed by atoms with Gasteiger partial charge in [-0.3, -0.25) is 9.69 Å². The molecule has 0 fully saturated rings. The van der Waals surface area contributed by atoms with Crippen molar-refractivity contribution in [3.05, 3.63) is 59.7 Å². The summed E-state index contributed by atoms with van der Waals surface area (Å²) in [6, 6.07) is 12.9. The van der Waals surface area contributed by atoms with Crippen LogP contribution in [0.4, 0.5) is 16.2 Å². The molecular formula is C18H16N2O5. The Labute approximate surface area is 143 Å². The maximum atomic E-state index is 12.7. The van der Waals surface area contributed by atoms with Gasteiger partial charge in [0.1, 0.15) is 0 Å². The van der Waals surface area contributed by atoms with E-state index in [4.69, 9.17) is 0 Å². The number of esters is 1. The number of carbonyl (C=O) groups excluding carboxylic acids is 3. The van der Waals surface area contributed by atoms with Crippen LogP contribution in [0.15, 0.2) is 48.5 Å². The summed E-state index contributed by atoms with van der Waals surface area (Å²) in [5, 5.41) is 11.9. The quantitative estimate of drug-likeness (QED) is 0.641. The SMILES string of the molecule is COC(=O)C(O)NC(=O)N1c2ccccc2CC(=O)c2ccccc21. The second-order valence-corrected chi connectivity index (χ2v) is 5.46. The second kappa shape index (κ2) is 6.74. The summed E-state index contributed by atoms with van der Waals surface area (Å²) in [6.45, 7) is 0. The van der Waals surface area contributed by atoms with E-state index in [1.807, 2.05) is 0 Å². The third-order valence-electron chi connectivity index (χ3n) is 3.92. The van der Waals surface area contributed by atoms with Crippen LogP contribution >= 0.6 is 0 Å². The summed E-state index contributed by atoms with van der Waals surface area (Å²) in [4.78, 5) is 37.9. The normalized spacial score (nSPS) is 14.0. The summed E-state index contributed by atoms with van der Waals surface area (Å²) in [7, 11) is 1.10. The molecule has 2 N–H and O–H groups in total. The molecule has 0 bridgehead atoms. The summed E-state index contributed by atoms with van der Waals surface area (Å²) in [6.07, 6.45) is -1.66. The number of urea groups is 1. The van der Waals surface area contributed by atoms with Gasteiger partial charge in [0, 0.05) is 12.0 Å². The van der Waals surface area contributed by atoms with Gasteiger partial charge >= 0.3 is 12.0 Å². The second-order valence-electron chi connectivity index (χ2n) is 5.46. The minimum atomic E-state index is -1.81. The first kappa shape index (κ1) is 16.7. The van der Waals surface area contributed by atoms with E-state index in [1.165, 1.54) is 4.90 Å². The topological polar surface area (TPSA) is 95.9 Å². The fourth-order valence-corrected chi connectivity index (χ4v) is 2.75. The fourth-order valence-electron chi connectivity index (χ4n) is 2.75.